The third-order valence-electron chi connectivity index (χ3n) is 1.65. The summed E-state index contributed by atoms with van der Waals surface area (Å²) < 4.78 is 18.7. The largest absolute Gasteiger partial charge is 0.493 e. The first-order chi connectivity index (χ1) is 6.60. The van der Waals surface area contributed by atoms with Gasteiger partial charge in [-0.2, -0.15) is 0 Å². The Kier molecular flexibility index (Phi) is 4.12. The minimum absolute atomic E-state index is 0.150. The summed E-state index contributed by atoms with van der Waals surface area (Å²) in [5, 5.41) is 0. The highest BCUT2D eigenvalue weighted by Crippen LogP contribution is 2.26. The molecule has 0 heterocycles. The van der Waals surface area contributed by atoms with E-state index in [-0.39, 0.29) is 23.0 Å². The van der Waals surface area contributed by atoms with Crippen molar-refractivity contribution >= 4 is 40.0 Å². The highest BCUT2D eigenvalue weighted by molar-refractivity contribution is 14.1. The van der Waals surface area contributed by atoms with E-state index in [0.29, 0.717) is 3.57 Å². The number of ketones is 1. The van der Waals surface area contributed by atoms with E-state index < -0.39 is 5.82 Å². The van der Waals surface area contributed by atoms with Crippen molar-refractivity contribution in [3.63, 3.8) is 0 Å². The average molecular weight is 329 g/mol. The Morgan fingerprint density at radius 3 is 2.71 bits per heavy atom. The summed E-state index contributed by atoms with van der Waals surface area (Å²) in [4.78, 5) is 11.2. The topological polar surface area (TPSA) is 26.3 Å². The van der Waals surface area contributed by atoms with Gasteiger partial charge in [0, 0.05) is 5.56 Å². The van der Waals surface area contributed by atoms with Gasteiger partial charge < -0.3 is 4.74 Å². The summed E-state index contributed by atoms with van der Waals surface area (Å²) in [7, 11) is 1.38. The molecule has 0 fully saturated rings. The fourth-order valence-corrected chi connectivity index (χ4v) is 1.96. The van der Waals surface area contributed by atoms with Crippen LogP contribution in [0.5, 0.6) is 5.75 Å². The first kappa shape index (κ1) is 11.7. The number of hydrogen-bond donors (Lipinski definition) is 0. The molecule has 76 valence electrons. The lowest BCUT2D eigenvalue weighted by molar-refractivity contribution is 0.102. The number of methoxy groups -OCH3 is 1. The van der Waals surface area contributed by atoms with Crippen molar-refractivity contribution < 1.29 is 13.9 Å². The molecule has 0 radical (unpaired) electrons. The van der Waals surface area contributed by atoms with Crippen LogP contribution in [0.25, 0.3) is 0 Å². The molecule has 0 aliphatic heterocycles. The van der Waals surface area contributed by atoms with Gasteiger partial charge in [-0.3, -0.25) is 4.79 Å². The molecule has 0 saturated carbocycles. The zero-order valence-corrected chi connectivity index (χ0v) is 10.2. The maximum atomic E-state index is 13.3. The van der Waals surface area contributed by atoms with E-state index in [1.807, 2.05) is 22.6 Å². The molecule has 5 heteroatoms. The second-order valence-corrected chi connectivity index (χ2v) is 3.96. The van der Waals surface area contributed by atoms with E-state index in [9.17, 15) is 9.18 Å². The minimum Gasteiger partial charge on any atom is -0.493 e. The first-order valence-electron chi connectivity index (χ1n) is 3.72. The molecule has 0 bridgehead atoms. The van der Waals surface area contributed by atoms with Gasteiger partial charge in [0.05, 0.1) is 16.6 Å². The zero-order chi connectivity index (χ0) is 10.7. The standard InChI is InChI=1S/C9H7ClFIO2/c1-14-9-6(11)2-5(3-7(9)12)8(13)4-10/h2-3H,4H2,1H3. The highest BCUT2D eigenvalue weighted by atomic mass is 127. The number of rotatable bonds is 3. The second-order valence-electron chi connectivity index (χ2n) is 2.53. The van der Waals surface area contributed by atoms with Crippen LogP contribution in [-0.4, -0.2) is 18.8 Å². The van der Waals surface area contributed by atoms with E-state index in [0.717, 1.165) is 6.07 Å². The fourth-order valence-electron chi connectivity index (χ4n) is 0.993. The van der Waals surface area contributed by atoms with Crippen molar-refractivity contribution in [3.8, 4) is 5.75 Å². The maximum Gasteiger partial charge on any atom is 0.177 e. The van der Waals surface area contributed by atoms with Crippen LogP contribution < -0.4 is 4.74 Å². The molecule has 14 heavy (non-hydrogen) atoms. The van der Waals surface area contributed by atoms with Crippen LogP contribution in [0.3, 0.4) is 0 Å². The monoisotopic (exact) mass is 328 g/mol. The van der Waals surface area contributed by atoms with Crippen LogP contribution in [0.1, 0.15) is 10.4 Å². The van der Waals surface area contributed by atoms with Gasteiger partial charge in [0.25, 0.3) is 0 Å². The van der Waals surface area contributed by atoms with Crippen molar-refractivity contribution in [2.45, 2.75) is 0 Å². The summed E-state index contributed by atoms with van der Waals surface area (Å²) in [6.07, 6.45) is 0. The van der Waals surface area contributed by atoms with Gasteiger partial charge in [0.2, 0.25) is 0 Å². The average Bonchev–Trinajstić information content (AvgIpc) is 2.16. The van der Waals surface area contributed by atoms with Crippen molar-refractivity contribution in [1.82, 2.24) is 0 Å². The summed E-state index contributed by atoms with van der Waals surface area (Å²) in [6, 6.07) is 2.68. The summed E-state index contributed by atoms with van der Waals surface area (Å²) in [6.45, 7) is 0. The molecule has 0 atom stereocenters. The van der Waals surface area contributed by atoms with Crippen molar-refractivity contribution in [3.05, 3.63) is 27.1 Å². The number of benzene rings is 1. The summed E-state index contributed by atoms with van der Waals surface area (Å²) in [5.41, 5.74) is 0.266. The van der Waals surface area contributed by atoms with Crippen LogP contribution in [-0.2, 0) is 0 Å². The predicted octanol–water partition coefficient (Wildman–Crippen LogP) is 2.86. The van der Waals surface area contributed by atoms with Gasteiger partial charge >= 0.3 is 0 Å². The fraction of sp³-hybridized carbons (Fsp3) is 0.222. The number of ether oxygens (including phenoxy) is 1. The quantitative estimate of drug-likeness (QED) is 0.484. The summed E-state index contributed by atoms with van der Waals surface area (Å²) >= 11 is 7.26. The predicted molar refractivity (Wildman–Crippen MR) is 60.7 cm³/mol. The molecule has 0 aromatic heterocycles. The van der Waals surface area contributed by atoms with E-state index in [1.54, 1.807) is 6.07 Å². The molecule has 0 spiro atoms. The van der Waals surface area contributed by atoms with Crippen LogP contribution in [0.15, 0.2) is 12.1 Å². The Morgan fingerprint density at radius 1 is 1.64 bits per heavy atom. The Balaban J connectivity index is 3.20. The van der Waals surface area contributed by atoms with Crippen LogP contribution in [0, 0.1) is 9.39 Å². The Labute approximate surface area is 99.5 Å². The van der Waals surface area contributed by atoms with Gasteiger partial charge in [-0.05, 0) is 34.7 Å². The molecule has 0 amide bonds. The van der Waals surface area contributed by atoms with E-state index in [1.165, 1.54) is 7.11 Å². The molecule has 2 nitrogen and oxygen atoms in total. The molecule has 0 aliphatic carbocycles. The van der Waals surface area contributed by atoms with E-state index >= 15 is 0 Å². The van der Waals surface area contributed by atoms with Gasteiger partial charge in [-0.25, -0.2) is 4.39 Å². The van der Waals surface area contributed by atoms with Crippen molar-refractivity contribution in [2.75, 3.05) is 13.0 Å². The summed E-state index contributed by atoms with van der Waals surface area (Å²) in [5.74, 6) is -0.849. The molecule has 1 aromatic carbocycles. The SMILES string of the molecule is COc1c(F)cc(C(=O)CCl)cc1I. The number of halogens is 3. The Morgan fingerprint density at radius 2 is 2.29 bits per heavy atom. The zero-order valence-electron chi connectivity index (χ0n) is 7.31. The molecule has 1 aromatic rings. The van der Waals surface area contributed by atoms with Crippen LogP contribution in [0.4, 0.5) is 4.39 Å². The lowest BCUT2D eigenvalue weighted by Crippen LogP contribution is -2.03. The number of alkyl halides is 1. The van der Waals surface area contributed by atoms with E-state index in [4.69, 9.17) is 16.3 Å². The molecule has 1 rings (SSSR count). The lowest BCUT2D eigenvalue weighted by atomic mass is 10.1. The van der Waals surface area contributed by atoms with Gasteiger partial charge in [-0.1, -0.05) is 0 Å². The molecule has 0 aliphatic rings. The molecule has 0 unspecified atom stereocenters. The van der Waals surface area contributed by atoms with Crippen molar-refractivity contribution in [1.29, 1.82) is 0 Å². The highest BCUT2D eigenvalue weighted by Gasteiger charge is 2.13. The van der Waals surface area contributed by atoms with Crippen molar-refractivity contribution in [2.24, 2.45) is 0 Å². The molecular weight excluding hydrogens is 321 g/mol. The molecule has 0 saturated heterocycles. The lowest BCUT2D eigenvalue weighted by Gasteiger charge is -2.06. The normalized spacial score (nSPS) is 10.0. The second kappa shape index (κ2) is 4.93. The van der Waals surface area contributed by atoms with Gasteiger partial charge in [-0.15, -0.1) is 11.6 Å². The third-order valence-corrected chi connectivity index (χ3v) is 2.69. The smallest absolute Gasteiger partial charge is 0.177 e. The molecule has 0 N–H and O–H groups in total. The van der Waals surface area contributed by atoms with Crippen LogP contribution in [0.2, 0.25) is 0 Å². The number of Topliss-reactive ketones (excluding diaryl/α,β-unsaturated/α-hetero) is 1. The van der Waals surface area contributed by atoms with E-state index in [2.05, 4.69) is 0 Å². The number of carbonyl (C=O) groups excluding carboxylic acids is 1. The van der Waals surface area contributed by atoms with Gasteiger partial charge in [0.1, 0.15) is 0 Å². The Bertz CT molecular complexity index is 345. The molecular formula is C9H7ClFIO2. The number of carbonyl (C=O) groups is 1. The minimum atomic E-state index is -0.548. The Hall–Kier alpha value is -0.360. The maximum absolute atomic E-state index is 13.3. The third kappa shape index (κ3) is 2.36. The van der Waals surface area contributed by atoms with Crippen LogP contribution >= 0.6 is 34.2 Å². The number of hydrogen-bond acceptors (Lipinski definition) is 2. The van der Waals surface area contributed by atoms with Gasteiger partial charge in [0.15, 0.2) is 17.3 Å². The first-order valence-corrected chi connectivity index (χ1v) is 5.33.